The monoisotopic (exact) mass is 528 g/mol. The minimum absolute atomic E-state index is 0.0727. The molecule has 2 aliphatic heterocycles. The molecule has 2 N–H and O–H groups in total. The number of anilines is 1. The van der Waals surface area contributed by atoms with Crippen LogP contribution in [0, 0.1) is 17.3 Å². The molecule has 0 aromatic heterocycles. The van der Waals surface area contributed by atoms with E-state index in [1.165, 1.54) is 12.1 Å². The molecular weight excluding hydrogens is 494 g/mol. The number of nitrogens with zero attached hydrogens (tertiary/aromatic N) is 1. The summed E-state index contributed by atoms with van der Waals surface area (Å²) in [6, 6.07) is 11.7. The molecule has 5 rings (SSSR count). The molecular formula is C29H34F2N2O5. The molecule has 1 saturated carbocycles. The zero-order chi connectivity index (χ0) is 27.2. The molecule has 38 heavy (non-hydrogen) atoms. The average Bonchev–Trinajstić information content (AvgIpc) is 3.37. The molecule has 4 unspecified atom stereocenters. The van der Waals surface area contributed by atoms with E-state index in [0.29, 0.717) is 5.69 Å². The van der Waals surface area contributed by atoms with Crippen LogP contribution in [0.1, 0.15) is 64.5 Å². The second kappa shape index (κ2) is 9.75. The third-order valence-electron chi connectivity index (χ3n) is 8.00. The normalized spacial score (nSPS) is 26.8. The molecule has 2 aromatic carbocycles. The highest BCUT2D eigenvalue weighted by molar-refractivity contribution is 5.87. The van der Waals surface area contributed by atoms with Gasteiger partial charge in [-0.05, 0) is 36.0 Å². The van der Waals surface area contributed by atoms with Gasteiger partial charge < -0.3 is 24.8 Å². The Bertz CT molecular complexity index is 1190. The topological polar surface area (TPSA) is 88.1 Å². The summed E-state index contributed by atoms with van der Waals surface area (Å²) in [5.41, 5.74) is 0.777. The van der Waals surface area contributed by atoms with E-state index < -0.39 is 41.7 Å². The number of alkyl halides is 2. The van der Waals surface area contributed by atoms with E-state index in [1.807, 2.05) is 51.1 Å². The molecule has 2 heterocycles. The van der Waals surface area contributed by atoms with E-state index in [2.05, 4.69) is 14.8 Å². The molecule has 3 aliphatic rings. The lowest BCUT2D eigenvalue weighted by molar-refractivity contribution is -0.286. The van der Waals surface area contributed by atoms with Gasteiger partial charge in [-0.1, -0.05) is 70.4 Å². The van der Waals surface area contributed by atoms with Crippen LogP contribution in [-0.2, 0) is 9.59 Å². The average molecular weight is 529 g/mol. The number of carbonyl (C=O) groups is 2. The van der Waals surface area contributed by atoms with Crippen LogP contribution in [0.4, 0.5) is 14.5 Å². The summed E-state index contributed by atoms with van der Waals surface area (Å²) in [5, 5.41) is 14.0. The Labute approximate surface area is 221 Å². The van der Waals surface area contributed by atoms with Crippen molar-refractivity contribution in [3.05, 3.63) is 54.1 Å². The number of aliphatic carboxylic acids is 1. The van der Waals surface area contributed by atoms with Crippen LogP contribution in [0.5, 0.6) is 11.5 Å². The fourth-order valence-electron chi connectivity index (χ4n) is 6.45. The maximum absolute atomic E-state index is 14.1. The predicted octanol–water partition coefficient (Wildman–Crippen LogP) is 6.07. The number of benzene rings is 2. The zero-order valence-electron chi connectivity index (χ0n) is 21.8. The number of hydrogen-bond acceptors (Lipinski definition) is 5. The Kier molecular flexibility index (Phi) is 6.73. The van der Waals surface area contributed by atoms with Gasteiger partial charge in [0.15, 0.2) is 11.5 Å². The molecule has 2 fully saturated rings. The fraction of sp³-hybridized carbons (Fsp3) is 0.517. The number of nitrogens with one attached hydrogen (secondary N) is 1. The number of ether oxygens (including phenoxy) is 2. The lowest BCUT2D eigenvalue weighted by atomic mass is 9.72. The van der Waals surface area contributed by atoms with Gasteiger partial charge in [-0.2, -0.15) is 0 Å². The molecule has 0 bridgehead atoms. The lowest BCUT2D eigenvalue weighted by Crippen LogP contribution is -2.49. The Hall–Kier alpha value is -3.36. The standard InChI is InChI=1S/C29H34F2N2O5/c1-28(2,3)22-23(32-19-14-15-20-21(16-19)38-29(30,31)37-20)24(17-10-6-4-7-11-17)33(25(22)27(35)36)26(34)18-12-8-5-9-13-18/h4,6-7,10-11,14-16,18,22-25,32H,5,8-9,12-13H2,1-3H3,(H,35,36). The number of halogens is 2. The van der Waals surface area contributed by atoms with Crippen molar-refractivity contribution in [3.8, 4) is 11.5 Å². The number of amides is 1. The maximum Gasteiger partial charge on any atom is 0.586 e. The number of rotatable bonds is 5. The van der Waals surface area contributed by atoms with Gasteiger partial charge in [-0.25, -0.2) is 4.79 Å². The minimum atomic E-state index is -3.74. The quantitative estimate of drug-likeness (QED) is 0.490. The number of likely N-dealkylation sites (tertiary alicyclic amines) is 1. The molecule has 2 aromatic rings. The van der Waals surface area contributed by atoms with Gasteiger partial charge in [0.25, 0.3) is 0 Å². The van der Waals surface area contributed by atoms with Crippen molar-refractivity contribution in [2.45, 2.75) is 77.3 Å². The summed E-state index contributed by atoms with van der Waals surface area (Å²) in [6.07, 6.45) is 0.725. The maximum atomic E-state index is 14.1. The molecule has 1 amide bonds. The smallest absolute Gasteiger partial charge is 0.480 e. The Balaban J connectivity index is 1.60. The third kappa shape index (κ3) is 4.90. The highest BCUT2D eigenvalue weighted by Gasteiger charge is 2.58. The van der Waals surface area contributed by atoms with Crippen LogP contribution >= 0.6 is 0 Å². The lowest BCUT2D eigenvalue weighted by Gasteiger charge is -2.36. The SMILES string of the molecule is CC(C)(C)C1C(Nc2ccc3c(c2)OC(F)(F)O3)C(c2ccccc2)N(C(=O)C2CCCCC2)C1C(=O)O. The largest absolute Gasteiger partial charge is 0.586 e. The number of carboxylic acid groups (broad SMARTS) is 1. The van der Waals surface area contributed by atoms with E-state index >= 15 is 0 Å². The van der Waals surface area contributed by atoms with Crippen LogP contribution in [0.3, 0.4) is 0 Å². The summed E-state index contributed by atoms with van der Waals surface area (Å²) in [6.45, 7) is 5.91. The van der Waals surface area contributed by atoms with Crippen LogP contribution in [0.25, 0.3) is 0 Å². The Morgan fingerprint density at radius 3 is 2.29 bits per heavy atom. The van der Waals surface area contributed by atoms with Crippen molar-refractivity contribution in [3.63, 3.8) is 0 Å². The first-order valence-corrected chi connectivity index (χ1v) is 13.2. The highest BCUT2D eigenvalue weighted by Crippen LogP contribution is 2.51. The minimum Gasteiger partial charge on any atom is -0.480 e. The molecule has 7 nitrogen and oxygen atoms in total. The summed E-state index contributed by atoms with van der Waals surface area (Å²) in [5.74, 6) is -2.07. The number of carbonyl (C=O) groups excluding carboxylic acids is 1. The second-order valence-electron chi connectivity index (χ2n) is 11.6. The van der Waals surface area contributed by atoms with E-state index in [0.717, 1.165) is 37.7 Å². The second-order valence-corrected chi connectivity index (χ2v) is 11.6. The van der Waals surface area contributed by atoms with Gasteiger partial charge in [-0.3, -0.25) is 4.79 Å². The number of fused-ring (bicyclic) bond motifs is 1. The van der Waals surface area contributed by atoms with Crippen molar-refractivity contribution in [1.82, 2.24) is 4.90 Å². The molecule has 9 heteroatoms. The zero-order valence-corrected chi connectivity index (χ0v) is 21.8. The molecule has 1 aliphatic carbocycles. The summed E-state index contributed by atoms with van der Waals surface area (Å²) < 4.78 is 36.5. The van der Waals surface area contributed by atoms with Crippen LogP contribution < -0.4 is 14.8 Å². The van der Waals surface area contributed by atoms with Gasteiger partial charge in [0.2, 0.25) is 5.91 Å². The molecule has 1 saturated heterocycles. The fourth-order valence-corrected chi connectivity index (χ4v) is 6.45. The number of carboxylic acids is 1. The molecule has 204 valence electrons. The van der Waals surface area contributed by atoms with Crippen LogP contribution in [0.2, 0.25) is 0 Å². The van der Waals surface area contributed by atoms with Crippen molar-refractivity contribution in [1.29, 1.82) is 0 Å². The van der Waals surface area contributed by atoms with E-state index in [9.17, 15) is 23.5 Å². The molecule has 0 spiro atoms. The molecule has 4 atom stereocenters. The Morgan fingerprint density at radius 2 is 1.66 bits per heavy atom. The van der Waals surface area contributed by atoms with Gasteiger partial charge in [0, 0.05) is 23.6 Å². The Morgan fingerprint density at radius 1 is 1.00 bits per heavy atom. The molecule has 0 radical (unpaired) electrons. The third-order valence-corrected chi connectivity index (χ3v) is 8.00. The predicted molar refractivity (Wildman–Crippen MR) is 137 cm³/mol. The van der Waals surface area contributed by atoms with E-state index in [1.54, 1.807) is 11.0 Å². The van der Waals surface area contributed by atoms with E-state index in [4.69, 9.17) is 0 Å². The summed E-state index contributed by atoms with van der Waals surface area (Å²) >= 11 is 0. The van der Waals surface area contributed by atoms with Crippen LogP contribution in [0.15, 0.2) is 48.5 Å². The summed E-state index contributed by atoms with van der Waals surface area (Å²) in [7, 11) is 0. The van der Waals surface area contributed by atoms with Gasteiger partial charge >= 0.3 is 12.3 Å². The first-order valence-electron chi connectivity index (χ1n) is 13.2. The van der Waals surface area contributed by atoms with Crippen molar-refractivity contribution in [2.75, 3.05) is 5.32 Å². The van der Waals surface area contributed by atoms with Crippen LogP contribution in [-0.4, -0.2) is 40.3 Å². The van der Waals surface area contributed by atoms with Gasteiger partial charge in [0.1, 0.15) is 6.04 Å². The highest BCUT2D eigenvalue weighted by atomic mass is 19.3. The first-order chi connectivity index (χ1) is 18.0. The van der Waals surface area contributed by atoms with Gasteiger partial charge in [0.05, 0.1) is 12.1 Å². The summed E-state index contributed by atoms with van der Waals surface area (Å²) in [4.78, 5) is 28.6. The van der Waals surface area contributed by atoms with Crippen molar-refractivity contribution < 1.29 is 33.0 Å². The van der Waals surface area contributed by atoms with Gasteiger partial charge in [-0.15, -0.1) is 8.78 Å². The van der Waals surface area contributed by atoms with Crippen molar-refractivity contribution >= 4 is 17.6 Å². The van der Waals surface area contributed by atoms with Crippen molar-refractivity contribution in [2.24, 2.45) is 17.3 Å². The number of hydrogen-bond donors (Lipinski definition) is 2. The van der Waals surface area contributed by atoms with E-state index in [-0.39, 0.29) is 23.3 Å². The first kappa shape index (κ1) is 26.3.